The van der Waals surface area contributed by atoms with Crippen LogP contribution in [0.2, 0.25) is 5.02 Å². The van der Waals surface area contributed by atoms with Crippen LogP contribution < -0.4 is 10.2 Å². The van der Waals surface area contributed by atoms with E-state index < -0.39 is 11.7 Å². The monoisotopic (exact) mass is 346 g/mol. The molecule has 1 fully saturated rings. The molecule has 2 aromatic rings. The van der Waals surface area contributed by atoms with Crippen LogP contribution in [0.5, 0.6) is 0 Å². The van der Waals surface area contributed by atoms with Gasteiger partial charge in [-0.05, 0) is 43.2 Å². The number of benzene rings is 2. The van der Waals surface area contributed by atoms with E-state index in [1.807, 2.05) is 13.0 Å². The zero-order valence-corrected chi connectivity index (χ0v) is 13.9. The van der Waals surface area contributed by atoms with Gasteiger partial charge in [0.2, 0.25) is 5.91 Å². The Morgan fingerprint density at radius 3 is 2.75 bits per heavy atom. The third-order valence-corrected chi connectivity index (χ3v) is 4.34. The normalized spacial score (nSPS) is 14.1. The molecular weight excluding hydrogens is 331 g/mol. The molecule has 1 N–H and O–H groups in total. The molecular formula is C18H16ClFN2O2. The lowest BCUT2D eigenvalue weighted by Gasteiger charge is -2.19. The van der Waals surface area contributed by atoms with Gasteiger partial charge < -0.3 is 10.2 Å². The predicted octanol–water partition coefficient (Wildman–Crippen LogP) is 4.17. The molecule has 3 rings (SSSR count). The molecule has 0 bridgehead atoms. The fraction of sp³-hybridized carbons (Fsp3) is 0.222. The highest BCUT2D eigenvalue weighted by Gasteiger charge is 2.23. The van der Waals surface area contributed by atoms with Crippen LogP contribution in [0.25, 0.3) is 0 Å². The Bertz CT molecular complexity index is 802. The Morgan fingerprint density at radius 1 is 1.29 bits per heavy atom. The largest absolute Gasteiger partial charge is 0.322 e. The van der Waals surface area contributed by atoms with Gasteiger partial charge in [0, 0.05) is 24.3 Å². The lowest BCUT2D eigenvalue weighted by Crippen LogP contribution is -2.24. The van der Waals surface area contributed by atoms with Crippen molar-refractivity contribution in [3.05, 3.63) is 58.4 Å². The summed E-state index contributed by atoms with van der Waals surface area (Å²) in [5.74, 6) is -1.23. The number of carbonyl (C=O) groups is 2. The van der Waals surface area contributed by atoms with E-state index in [-0.39, 0.29) is 16.5 Å². The van der Waals surface area contributed by atoms with E-state index in [1.54, 1.807) is 17.0 Å². The molecule has 2 aromatic carbocycles. The number of carbonyl (C=O) groups excluding carboxylic acids is 2. The van der Waals surface area contributed by atoms with Gasteiger partial charge in [0.25, 0.3) is 5.91 Å². The van der Waals surface area contributed by atoms with Crippen molar-refractivity contribution in [1.82, 2.24) is 0 Å². The molecule has 0 radical (unpaired) electrons. The molecule has 0 spiro atoms. The number of hydrogen-bond donors (Lipinski definition) is 1. The van der Waals surface area contributed by atoms with E-state index in [4.69, 9.17) is 11.6 Å². The topological polar surface area (TPSA) is 49.4 Å². The molecule has 0 unspecified atom stereocenters. The van der Waals surface area contributed by atoms with Gasteiger partial charge in [0.1, 0.15) is 5.82 Å². The quantitative estimate of drug-likeness (QED) is 0.907. The predicted molar refractivity (Wildman–Crippen MR) is 92.1 cm³/mol. The number of aryl methyl sites for hydroxylation is 1. The highest BCUT2D eigenvalue weighted by molar-refractivity contribution is 6.34. The molecule has 124 valence electrons. The maximum atomic E-state index is 13.8. The Morgan fingerprint density at radius 2 is 2.08 bits per heavy atom. The Hall–Kier alpha value is -2.40. The molecule has 1 saturated heterocycles. The van der Waals surface area contributed by atoms with E-state index in [9.17, 15) is 14.0 Å². The standard InChI is InChI=1S/C18H16ClFN2O2/c1-11-7-8-12(10-15(11)22-9-3-6-16(22)23)21-18(24)17-13(19)4-2-5-14(17)20/h2,4-5,7-8,10H,3,6,9H2,1H3,(H,21,24). The Labute approximate surface area is 144 Å². The van der Waals surface area contributed by atoms with Gasteiger partial charge in [-0.1, -0.05) is 23.7 Å². The minimum absolute atomic E-state index is 0.0505. The first-order valence-electron chi connectivity index (χ1n) is 7.64. The zero-order chi connectivity index (χ0) is 17.3. The molecule has 4 nitrogen and oxygen atoms in total. The van der Waals surface area contributed by atoms with Crippen LogP contribution in [0.15, 0.2) is 36.4 Å². The average molecular weight is 347 g/mol. The summed E-state index contributed by atoms with van der Waals surface area (Å²) in [6.07, 6.45) is 1.35. The lowest BCUT2D eigenvalue weighted by atomic mass is 10.1. The SMILES string of the molecule is Cc1ccc(NC(=O)c2c(F)cccc2Cl)cc1N1CCCC1=O. The van der Waals surface area contributed by atoms with Crippen molar-refractivity contribution in [2.75, 3.05) is 16.8 Å². The van der Waals surface area contributed by atoms with Crippen LogP contribution in [0.1, 0.15) is 28.8 Å². The van der Waals surface area contributed by atoms with E-state index in [2.05, 4.69) is 5.32 Å². The van der Waals surface area contributed by atoms with Crippen molar-refractivity contribution in [2.45, 2.75) is 19.8 Å². The summed E-state index contributed by atoms with van der Waals surface area (Å²) in [5, 5.41) is 2.69. The summed E-state index contributed by atoms with van der Waals surface area (Å²) in [6, 6.07) is 9.35. The third-order valence-electron chi connectivity index (χ3n) is 4.02. The van der Waals surface area contributed by atoms with Gasteiger partial charge in [0.05, 0.1) is 10.6 Å². The van der Waals surface area contributed by atoms with E-state index in [0.717, 1.165) is 17.7 Å². The van der Waals surface area contributed by atoms with Crippen molar-refractivity contribution < 1.29 is 14.0 Å². The fourth-order valence-electron chi connectivity index (χ4n) is 2.79. The van der Waals surface area contributed by atoms with Gasteiger partial charge in [-0.15, -0.1) is 0 Å². The zero-order valence-electron chi connectivity index (χ0n) is 13.1. The molecule has 1 heterocycles. The molecule has 0 saturated carbocycles. The summed E-state index contributed by atoms with van der Waals surface area (Å²) in [7, 11) is 0. The van der Waals surface area contributed by atoms with Crippen molar-refractivity contribution in [3.8, 4) is 0 Å². The maximum Gasteiger partial charge on any atom is 0.260 e. The molecule has 1 aliphatic rings. The van der Waals surface area contributed by atoms with Crippen LogP contribution >= 0.6 is 11.6 Å². The first-order valence-corrected chi connectivity index (χ1v) is 8.01. The average Bonchev–Trinajstić information content (AvgIpc) is 2.95. The van der Waals surface area contributed by atoms with Crippen molar-refractivity contribution >= 4 is 34.8 Å². The third kappa shape index (κ3) is 3.12. The van der Waals surface area contributed by atoms with Gasteiger partial charge in [-0.2, -0.15) is 0 Å². The minimum Gasteiger partial charge on any atom is -0.322 e. The van der Waals surface area contributed by atoms with E-state index in [0.29, 0.717) is 18.7 Å². The summed E-state index contributed by atoms with van der Waals surface area (Å²) in [6.45, 7) is 2.57. The highest BCUT2D eigenvalue weighted by Crippen LogP contribution is 2.29. The second kappa shape index (κ2) is 6.61. The molecule has 2 amide bonds. The number of nitrogens with one attached hydrogen (secondary N) is 1. The van der Waals surface area contributed by atoms with Crippen LogP contribution in [-0.2, 0) is 4.79 Å². The lowest BCUT2D eigenvalue weighted by molar-refractivity contribution is -0.117. The summed E-state index contributed by atoms with van der Waals surface area (Å²) >= 11 is 5.92. The molecule has 1 aliphatic heterocycles. The maximum absolute atomic E-state index is 13.8. The van der Waals surface area contributed by atoms with Crippen molar-refractivity contribution in [1.29, 1.82) is 0 Å². The number of amides is 2. The van der Waals surface area contributed by atoms with Crippen molar-refractivity contribution in [2.24, 2.45) is 0 Å². The molecule has 24 heavy (non-hydrogen) atoms. The second-order valence-electron chi connectivity index (χ2n) is 5.70. The smallest absolute Gasteiger partial charge is 0.260 e. The van der Waals surface area contributed by atoms with Crippen LogP contribution in [0.4, 0.5) is 15.8 Å². The number of rotatable bonds is 3. The molecule has 6 heteroatoms. The van der Waals surface area contributed by atoms with Crippen LogP contribution in [-0.4, -0.2) is 18.4 Å². The highest BCUT2D eigenvalue weighted by atomic mass is 35.5. The van der Waals surface area contributed by atoms with E-state index >= 15 is 0 Å². The van der Waals surface area contributed by atoms with Crippen LogP contribution in [0, 0.1) is 12.7 Å². The summed E-state index contributed by atoms with van der Waals surface area (Å²) < 4.78 is 13.8. The number of anilines is 2. The Kier molecular flexibility index (Phi) is 4.53. The summed E-state index contributed by atoms with van der Waals surface area (Å²) in [5.41, 5.74) is 1.99. The van der Waals surface area contributed by atoms with Gasteiger partial charge in [-0.3, -0.25) is 9.59 Å². The Balaban J connectivity index is 1.88. The minimum atomic E-state index is -0.679. The second-order valence-corrected chi connectivity index (χ2v) is 6.11. The van der Waals surface area contributed by atoms with E-state index in [1.165, 1.54) is 18.2 Å². The first-order chi connectivity index (χ1) is 11.5. The van der Waals surface area contributed by atoms with Gasteiger partial charge >= 0.3 is 0 Å². The number of halogens is 2. The molecule has 0 aromatic heterocycles. The van der Waals surface area contributed by atoms with Gasteiger partial charge in [0.15, 0.2) is 0 Å². The van der Waals surface area contributed by atoms with Crippen LogP contribution in [0.3, 0.4) is 0 Å². The van der Waals surface area contributed by atoms with Crippen molar-refractivity contribution in [3.63, 3.8) is 0 Å². The fourth-order valence-corrected chi connectivity index (χ4v) is 3.04. The van der Waals surface area contributed by atoms with Gasteiger partial charge in [-0.25, -0.2) is 4.39 Å². The molecule has 0 atom stereocenters. The molecule has 0 aliphatic carbocycles. The number of hydrogen-bond acceptors (Lipinski definition) is 2. The number of nitrogens with zero attached hydrogens (tertiary/aromatic N) is 1. The first kappa shape index (κ1) is 16.5. The summed E-state index contributed by atoms with van der Waals surface area (Å²) in [4.78, 5) is 26.0.